The summed E-state index contributed by atoms with van der Waals surface area (Å²) in [5, 5.41) is 8.10. The number of nitrogens with two attached hydrogens (primary N) is 1. The van der Waals surface area contributed by atoms with Crippen LogP contribution in [-0.2, 0) is 13.1 Å². The average molecular weight is 310 g/mol. The van der Waals surface area contributed by atoms with Gasteiger partial charge < -0.3 is 16.1 Å². The summed E-state index contributed by atoms with van der Waals surface area (Å²) < 4.78 is 3.44. The number of aromatic amines is 1. The van der Waals surface area contributed by atoms with Crippen LogP contribution in [-0.4, -0.2) is 25.8 Å². The summed E-state index contributed by atoms with van der Waals surface area (Å²) in [6.07, 6.45) is 4.39. The van der Waals surface area contributed by atoms with Crippen molar-refractivity contribution in [2.75, 3.05) is 5.73 Å². The van der Waals surface area contributed by atoms with Crippen LogP contribution in [0.4, 0.5) is 11.5 Å². The third kappa shape index (κ3) is 1.79. The Kier molecular flexibility index (Phi) is 2.75. The van der Waals surface area contributed by atoms with E-state index < -0.39 is 0 Å². The van der Waals surface area contributed by atoms with E-state index in [-0.39, 0.29) is 11.2 Å². The molecule has 4 N–H and O–H groups in total. The molecule has 3 heterocycles. The predicted octanol–water partition coefficient (Wildman–Crippen LogP) is 1.64. The molecule has 0 saturated carbocycles. The molecular weight excluding hydrogens is 292 g/mol. The van der Waals surface area contributed by atoms with E-state index in [1.165, 1.54) is 0 Å². The van der Waals surface area contributed by atoms with Crippen molar-refractivity contribution in [3.8, 4) is 0 Å². The van der Waals surface area contributed by atoms with E-state index >= 15 is 0 Å². The Morgan fingerprint density at radius 2 is 2.00 bits per heavy atom. The van der Waals surface area contributed by atoms with Crippen LogP contribution in [0.3, 0.4) is 0 Å². The second-order valence-corrected chi connectivity index (χ2v) is 6.01. The normalized spacial score (nSPS) is 17.8. The number of fused-ring (bicyclic) bond motifs is 2. The molecule has 7 heteroatoms. The van der Waals surface area contributed by atoms with Crippen LogP contribution in [0.15, 0.2) is 21.9 Å². The Morgan fingerprint density at radius 1 is 1.26 bits per heavy atom. The Bertz CT molecular complexity index is 966. The third-order valence-electron chi connectivity index (χ3n) is 4.65. The minimum atomic E-state index is -0.150. The number of nitrogens with one attached hydrogen (secondary N) is 2. The summed E-state index contributed by atoms with van der Waals surface area (Å²) in [6, 6.07) is 0. The van der Waals surface area contributed by atoms with Crippen molar-refractivity contribution in [3.05, 3.63) is 45.0 Å². The number of nitrogens with zero attached hydrogens (tertiary/aromatic N) is 3. The molecule has 2 aromatic heterocycles. The maximum absolute atomic E-state index is 12.5. The van der Waals surface area contributed by atoms with Gasteiger partial charge in [0.05, 0.1) is 17.1 Å². The van der Waals surface area contributed by atoms with Crippen LogP contribution in [0, 0.1) is 19.3 Å². The number of hydrogen-bond acceptors (Lipinski definition) is 4. The largest absolute Gasteiger partial charge is 0.382 e. The van der Waals surface area contributed by atoms with Gasteiger partial charge in [0.2, 0.25) is 0 Å². The van der Waals surface area contributed by atoms with E-state index in [1.54, 1.807) is 21.5 Å². The van der Waals surface area contributed by atoms with E-state index in [0.29, 0.717) is 23.8 Å². The molecule has 0 aromatic carbocycles. The molecule has 0 atom stereocenters. The van der Waals surface area contributed by atoms with Gasteiger partial charge in [0.1, 0.15) is 0 Å². The SMILES string of the molecule is Cc1[nH]c2c(c1C)C(=N)C=C/C2=N\c1c(N)n2n(c1=O)CCC2. The molecule has 118 valence electrons. The number of hydrogen-bond donors (Lipinski definition) is 3. The first-order chi connectivity index (χ1) is 11.0. The highest BCUT2D eigenvalue weighted by Gasteiger charge is 2.25. The van der Waals surface area contributed by atoms with E-state index in [2.05, 4.69) is 9.98 Å². The summed E-state index contributed by atoms with van der Waals surface area (Å²) in [6.45, 7) is 5.37. The average Bonchev–Trinajstić information content (AvgIpc) is 3.17. The molecule has 2 aliphatic rings. The lowest BCUT2D eigenvalue weighted by Crippen LogP contribution is -2.17. The molecule has 0 amide bonds. The lowest BCUT2D eigenvalue weighted by atomic mass is 9.97. The van der Waals surface area contributed by atoms with Gasteiger partial charge in [-0.25, -0.2) is 9.67 Å². The number of anilines is 1. The minimum Gasteiger partial charge on any atom is -0.382 e. The minimum absolute atomic E-state index is 0.150. The molecule has 0 bridgehead atoms. The maximum Gasteiger partial charge on any atom is 0.294 e. The highest BCUT2D eigenvalue weighted by Crippen LogP contribution is 2.27. The van der Waals surface area contributed by atoms with E-state index in [0.717, 1.165) is 35.5 Å². The first-order valence-electron chi connectivity index (χ1n) is 7.63. The number of rotatable bonds is 1. The van der Waals surface area contributed by atoms with E-state index in [9.17, 15) is 4.79 Å². The Hall–Kier alpha value is -2.83. The van der Waals surface area contributed by atoms with Gasteiger partial charge in [-0.2, -0.15) is 0 Å². The summed E-state index contributed by atoms with van der Waals surface area (Å²) in [5.74, 6) is 0.413. The predicted molar refractivity (Wildman–Crippen MR) is 90.2 cm³/mol. The Balaban J connectivity index is 1.92. The lowest BCUT2D eigenvalue weighted by Gasteiger charge is -2.10. The molecule has 7 nitrogen and oxygen atoms in total. The van der Waals surface area contributed by atoms with Crippen LogP contribution < -0.4 is 11.3 Å². The molecular formula is C16H18N6O. The van der Waals surface area contributed by atoms with Gasteiger partial charge in [-0.05, 0) is 38.0 Å². The summed E-state index contributed by atoms with van der Waals surface area (Å²) in [5.41, 5.74) is 11.0. The molecule has 23 heavy (non-hydrogen) atoms. The van der Waals surface area contributed by atoms with Crippen LogP contribution >= 0.6 is 0 Å². The van der Waals surface area contributed by atoms with Crippen molar-refractivity contribution in [3.63, 3.8) is 0 Å². The molecule has 0 fully saturated rings. The van der Waals surface area contributed by atoms with Gasteiger partial charge in [-0.3, -0.25) is 9.48 Å². The lowest BCUT2D eigenvalue weighted by molar-refractivity contribution is 0.601. The van der Waals surface area contributed by atoms with Crippen LogP contribution in [0.25, 0.3) is 0 Å². The zero-order chi connectivity index (χ0) is 16.3. The van der Waals surface area contributed by atoms with Crippen LogP contribution in [0.5, 0.6) is 0 Å². The standard InChI is InChI=1S/C16H18N6O/c1-8-9(2)19-13-11(5-4-10(17)12(8)13)20-14-15(18)21-6-3-7-22(21)16(14)23/h4-5,17,19H,3,6-7,18H2,1-2H3/b17-10?,20-11+. The topological polar surface area (TPSA) is 105 Å². The van der Waals surface area contributed by atoms with Crippen molar-refractivity contribution in [1.29, 1.82) is 5.41 Å². The van der Waals surface area contributed by atoms with Gasteiger partial charge in [0, 0.05) is 24.3 Å². The quantitative estimate of drug-likeness (QED) is 0.745. The van der Waals surface area contributed by atoms with Crippen LogP contribution in [0.2, 0.25) is 0 Å². The number of H-pyrrole nitrogens is 1. The maximum atomic E-state index is 12.5. The first-order valence-corrected chi connectivity index (χ1v) is 7.63. The fraction of sp³-hybridized carbons (Fsp3) is 0.312. The molecule has 1 aliphatic carbocycles. The van der Waals surface area contributed by atoms with Gasteiger partial charge in [0.15, 0.2) is 11.5 Å². The molecule has 2 aromatic rings. The van der Waals surface area contributed by atoms with Crippen molar-refractivity contribution in [2.24, 2.45) is 4.99 Å². The molecule has 1 aliphatic heterocycles. The molecule has 0 unspecified atom stereocenters. The third-order valence-corrected chi connectivity index (χ3v) is 4.65. The van der Waals surface area contributed by atoms with Gasteiger partial charge in [0.25, 0.3) is 5.56 Å². The van der Waals surface area contributed by atoms with Gasteiger partial charge >= 0.3 is 0 Å². The van der Waals surface area contributed by atoms with Gasteiger partial charge in [-0.15, -0.1) is 0 Å². The Labute approximate surface area is 132 Å². The van der Waals surface area contributed by atoms with Crippen molar-refractivity contribution >= 4 is 22.9 Å². The zero-order valence-electron chi connectivity index (χ0n) is 13.1. The fourth-order valence-electron chi connectivity index (χ4n) is 3.32. The molecule has 4 rings (SSSR count). The van der Waals surface area contributed by atoms with Crippen LogP contribution in [0.1, 0.15) is 28.9 Å². The summed E-state index contributed by atoms with van der Waals surface area (Å²) in [7, 11) is 0. The molecule has 0 spiro atoms. The fourth-order valence-corrected chi connectivity index (χ4v) is 3.32. The van der Waals surface area contributed by atoms with Gasteiger partial charge in [-0.1, -0.05) is 0 Å². The second kappa shape index (κ2) is 4.58. The van der Waals surface area contributed by atoms with E-state index in [1.807, 2.05) is 13.8 Å². The number of aryl methyl sites for hydroxylation is 1. The van der Waals surface area contributed by atoms with E-state index in [4.69, 9.17) is 11.1 Å². The highest BCUT2D eigenvalue weighted by molar-refractivity contribution is 6.25. The number of aliphatic imine (C=N–C) groups is 1. The smallest absolute Gasteiger partial charge is 0.294 e. The summed E-state index contributed by atoms with van der Waals surface area (Å²) in [4.78, 5) is 20.3. The van der Waals surface area contributed by atoms with Crippen molar-refractivity contribution in [2.45, 2.75) is 33.4 Å². The highest BCUT2D eigenvalue weighted by atomic mass is 16.1. The number of nitrogen functional groups attached to an aromatic ring is 1. The second-order valence-electron chi connectivity index (χ2n) is 6.01. The van der Waals surface area contributed by atoms with Crippen molar-refractivity contribution < 1.29 is 0 Å². The Morgan fingerprint density at radius 3 is 2.74 bits per heavy atom. The number of allylic oxidation sites excluding steroid dienone is 2. The monoisotopic (exact) mass is 310 g/mol. The number of aromatic nitrogens is 3. The first kappa shape index (κ1) is 13.8. The van der Waals surface area contributed by atoms with Crippen molar-refractivity contribution in [1.82, 2.24) is 14.3 Å². The molecule has 0 radical (unpaired) electrons. The molecule has 0 saturated heterocycles. The zero-order valence-corrected chi connectivity index (χ0v) is 13.1. The summed E-state index contributed by atoms with van der Waals surface area (Å²) >= 11 is 0.